The van der Waals surface area contributed by atoms with E-state index in [1.165, 1.54) is 6.07 Å². The quantitative estimate of drug-likeness (QED) is 0.673. The van der Waals surface area contributed by atoms with E-state index in [1.54, 1.807) is 12.1 Å². The van der Waals surface area contributed by atoms with Gasteiger partial charge in [-0.25, -0.2) is 4.39 Å². The van der Waals surface area contributed by atoms with Gasteiger partial charge in [0.05, 0.1) is 11.6 Å². The highest BCUT2D eigenvalue weighted by molar-refractivity contribution is 5.73. The molecule has 0 amide bonds. The van der Waals surface area contributed by atoms with Gasteiger partial charge in [0, 0.05) is 18.8 Å². The number of nitrogens with two attached hydrogens (primary N) is 1. The second kappa shape index (κ2) is 5.92. The molecule has 0 radical (unpaired) electrons. The van der Waals surface area contributed by atoms with Crippen LogP contribution in [0, 0.1) is 11.7 Å². The lowest BCUT2D eigenvalue weighted by Crippen LogP contribution is -2.39. The molecule has 2 N–H and O–H groups in total. The Morgan fingerprint density at radius 2 is 1.95 bits per heavy atom. The van der Waals surface area contributed by atoms with Crippen molar-refractivity contribution in [3.05, 3.63) is 24.0 Å². The van der Waals surface area contributed by atoms with Crippen LogP contribution in [0.3, 0.4) is 0 Å². The minimum atomic E-state index is -0.461. The van der Waals surface area contributed by atoms with E-state index >= 15 is 0 Å². The van der Waals surface area contributed by atoms with E-state index in [1.807, 2.05) is 25.7 Å². The Bertz CT molecular complexity index is 517. The first-order valence-corrected chi connectivity index (χ1v) is 7.29. The topological polar surface area (TPSA) is 55.6 Å². The molecule has 0 atom stereocenters. The van der Waals surface area contributed by atoms with Crippen LogP contribution in [0.25, 0.3) is 0 Å². The molecule has 116 valence electrons. The number of halogens is 1. The second-order valence-corrected chi connectivity index (χ2v) is 6.51. The molecule has 1 fully saturated rings. The summed E-state index contributed by atoms with van der Waals surface area (Å²) in [5, 5.41) is 0. The SMILES string of the molecule is CC(C)(C)OC(=O)C1CCN(c2ccc(N)cc2F)CC1. The van der Waals surface area contributed by atoms with Crippen molar-refractivity contribution in [2.45, 2.75) is 39.2 Å². The van der Waals surface area contributed by atoms with Crippen molar-refractivity contribution in [2.24, 2.45) is 5.92 Å². The number of nitrogens with zero attached hydrogens (tertiary/aromatic N) is 1. The van der Waals surface area contributed by atoms with Crippen LogP contribution in [-0.4, -0.2) is 24.7 Å². The van der Waals surface area contributed by atoms with E-state index in [9.17, 15) is 9.18 Å². The summed E-state index contributed by atoms with van der Waals surface area (Å²) in [5.41, 5.74) is 6.06. The summed E-state index contributed by atoms with van der Waals surface area (Å²) < 4.78 is 19.3. The van der Waals surface area contributed by atoms with Crippen LogP contribution < -0.4 is 10.6 Å². The monoisotopic (exact) mass is 294 g/mol. The molecule has 1 heterocycles. The van der Waals surface area contributed by atoms with Crippen LogP contribution in [-0.2, 0) is 9.53 Å². The number of nitrogen functional groups attached to an aromatic ring is 1. The van der Waals surface area contributed by atoms with Crippen molar-refractivity contribution in [3.63, 3.8) is 0 Å². The fraction of sp³-hybridized carbons (Fsp3) is 0.562. The van der Waals surface area contributed by atoms with Crippen molar-refractivity contribution in [1.82, 2.24) is 0 Å². The van der Waals surface area contributed by atoms with Gasteiger partial charge in [-0.15, -0.1) is 0 Å². The average Bonchev–Trinajstić information content (AvgIpc) is 2.37. The molecule has 1 aliphatic rings. The molecule has 1 saturated heterocycles. The molecule has 1 aromatic carbocycles. The van der Waals surface area contributed by atoms with Crippen molar-refractivity contribution < 1.29 is 13.9 Å². The Morgan fingerprint density at radius 3 is 2.48 bits per heavy atom. The second-order valence-electron chi connectivity index (χ2n) is 6.51. The maximum absolute atomic E-state index is 13.9. The smallest absolute Gasteiger partial charge is 0.309 e. The van der Waals surface area contributed by atoms with E-state index < -0.39 is 5.60 Å². The lowest BCUT2D eigenvalue weighted by Gasteiger charge is -2.34. The third-order valence-corrected chi connectivity index (χ3v) is 3.55. The maximum atomic E-state index is 13.9. The van der Waals surface area contributed by atoms with Crippen LogP contribution in [0.5, 0.6) is 0 Å². The number of rotatable bonds is 2. The van der Waals surface area contributed by atoms with Crippen LogP contribution in [0.1, 0.15) is 33.6 Å². The highest BCUT2D eigenvalue weighted by Crippen LogP contribution is 2.28. The summed E-state index contributed by atoms with van der Waals surface area (Å²) in [7, 11) is 0. The third-order valence-electron chi connectivity index (χ3n) is 3.55. The van der Waals surface area contributed by atoms with Gasteiger partial charge in [0.25, 0.3) is 0 Å². The number of ether oxygens (including phenoxy) is 1. The van der Waals surface area contributed by atoms with Crippen LogP contribution in [0.2, 0.25) is 0 Å². The Labute approximate surface area is 125 Å². The molecule has 1 aliphatic heterocycles. The predicted octanol–water partition coefficient (Wildman–Crippen LogP) is 2.97. The van der Waals surface area contributed by atoms with Gasteiger partial charge in [-0.05, 0) is 51.8 Å². The van der Waals surface area contributed by atoms with Gasteiger partial charge in [-0.3, -0.25) is 4.79 Å². The molecule has 0 unspecified atom stereocenters. The first kappa shape index (κ1) is 15.6. The Balaban J connectivity index is 1.95. The fourth-order valence-corrected chi connectivity index (χ4v) is 2.52. The zero-order valence-corrected chi connectivity index (χ0v) is 12.9. The van der Waals surface area contributed by atoms with Gasteiger partial charge in [-0.2, -0.15) is 0 Å². The summed E-state index contributed by atoms with van der Waals surface area (Å²) in [6, 6.07) is 4.71. The molecule has 0 bridgehead atoms. The molecule has 5 heteroatoms. The van der Waals surface area contributed by atoms with Crippen LogP contribution >= 0.6 is 0 Å². The summed E-state index contributed by atoms with van der Waals surface area (Å²) >= 11 is 0. The molecule has 1 aromatic rings. The van der Waals surface area contributed by atoms with E-state index in [2.05, 4.69) is 0 Å². The number of benzene rings is 1. The summed E-state index contributed by atoms with van der Waals surface area (Å²) in [6.45, 7) is 6.88. The number of esters is 1. The number of anilines is 2. The molecular formula is C16H23FN2O2. The molecule has 21 heavy (non-hydrogen) atoms. The van der Waals surface area contributed by atoms with Gasteiger partial charge in [0.2, 0.25) is 0 Å². The number of carbonyl (C=O) groups is 1. The number of carbonyl (C=O) groups excluding carboxylic acids is 1. The molecule has 2 rings (SSSR count). The van der Waals surface area contributed by atoms with Gasteiger partial charge >= 0.3 is 5.97 Å². The molecule has 0 aromatic heterocycles. The van der Waals surface area contributed by atoms with Crippen LogP contribution in [0.15, 0.2) is 18.2 Å². The zero-order valence-electron chi connectivity index (χ0n) is 12.9. The first-order chi connectivity index (χ1) is 9.76. The summed E-state index contributed by atoms with van der Waals surface area (Å²) in [4.78, 5) is 14.0. The average molecular weight is 294 g/mol. The van der Waals surface area contributed by atoms with Gasteiger partial charge in [0.1, 0.15) is 11.4 Å². The highest BCUT2D eigenvalue weighted by Gasteiger charge is 2.29. The molecule has 4 nitrogen and oxygen atoms in total. The van der Waals surface area contributed by atoms with Gasteiger partial charge in [0.15, 0.2) is 0 Å². The minimum absolute atomic E-state index is 0.0997. The summed E-state index contributed by atoms with van der Waals surface area (Å²) in [6.07, 6.45) is 1.36. The standard InChI is InChI=1S/C16H23FN2O2/c1-16(2,3)21-15(20)11-6-8-19(9-7-11)14-5-4-12(18)10-13(14)17/h4-5,10-11H,6-9,18H2,1-3H3. The Morgan fingerprint density at radius 1 is 1.33 bits per heavy atom. The lowest BCUT2D eigenvalue weighted by molar-refractivity contribution is -0.160. The maximum Gasteiger partial charge on any atom is 0.309 e. The zero-order chi connectivity index (χ0) is 15.6. The van der Waals surface area contributed by atoms with E-state index in [0.717, 1.165) is 0 Å². The Hall–Kier alpha value is -1.78. The molecule has 0 saturated carbocycles. The fourth-order valence-electron chi connectivity index (χ4n) is 2.52. The first-order valence-electron chi connectivity index (χ1n) is 7.29. The van der Waals surface area contributed by atoms with Crippen molar-refractivity contribution >= 4 is 17.3 Å². The molecular weight excluding hydrogens is 271 g/mol. The third kappa shape index (κ3) is 4.09. The number of hydrogen-bond donors (Lipinski definition) is 1. The van der Waals surface area contributed by atoms with Crippen molar-refractivity contribution in [2.75, 3.05) is 23.7 Å². The van der Waals surface area contributed by atoms with Gasteiger partial charge in [-0.1, -0.05) is 0 Å². The van der Waals surface area contributed by atoms with Crippen molar-refractivity contribution in [1.29, 1.82) is 0 Å². The molecule has 0 aliphatic carbocycles. The van der Waals surface area contributed by atoms with Crippen LogP contribution in [0.4, 0.5) is 15.8 Å². The predicted molar refractivity (Wildman–Crippen MR) is 81.6 cm³/mol. The van der Waals surface area contributed by atoms with E-state index in [-0.39, 0.29) is 17.7 Å². The minimum Gasteiger partial charge on any atom is -0.460 e. The molecule has 0 spiro atoms. The van der Waals surface area contributed by atoms with Crippen molar-refractivity contribution in [3.8, 4) is 0 Å². The summed E-state index contributed by atoms with van der Waals surface area (Å²) in [5.74, 6) is -0.567. The van der Waals surface area contributed by atoms with E-state index in [4.69, 9.17) is 10.5 Å². The number of piperidine rings is 1. The highest BCUT2D eigenvalue weighted by atomic mass is 19.1. The normalized spacial score (nSPS) is 16.9. The Kier molecular flexibility index (Phi) is 4.40. The van der Waals surface area contributed by atoms with Gasteiger partial charge < -0.3 is 15.4 Å². The number of hydrogen-bond acceptors (Lipinski definition) is 4. The largest absolute Gasteiger partial charge is 0.460 e. The van der Waals surface area contributed by atoms with E-state index in [0.29, 0.717) is 37.3 Å². The lowest BCUT2D eigenvalue weighted by atomic mass is 9.96.